The lowest BCUT2D eigenvalue weighted by atomic mass is 10.0. The highest BCUT2D eigenvalue weighted by atomic mass is 19.4. The molecular formula is C15H20F3N3O3. The number of imide groups is 1. The number of hydrogen-bond acceptors (Lipinski definition) is 3. The van der Waals surface area contributed by atoms with Gasteiger partial charge in [-0.25, -0.2) is 4.79 Å². The summed E-state index contributed by atoms with van der Waals surface area (Å²) in [6, 6.07) is -1.16. The molecule has 9 heteroatoms. The average molecular weight is 347 g/mol. The zero-order chi connectivity index (χ0) is 17.5. The number of nitrogens with zero attached hydrogens (tertiary/aromatic N) is 3. The Balaban J connectivity index is 1.53. The average Bonchev–Trinajstić information content (AvgIpc) is 3.28. The molecular weight excluding hydrogens is 327 g/mol. The topological polar surface area (TPSA) is 60.9 Å². The van der Waals surface area contributed by atoms with E-state index in [0.29, 0.717) is 38.3 Å². The summed E-state index contributed by atoms with van der Waals surface area (Å²) in [7, 11) is 0. The highest BCUT2D eigenvalue weighted by Gasteiger charge is 2.45. The van der Waals surface area contributed by atoms with Crippen LogP contribution in [0.25, 0.3) is 0 Å². The molecule has 3 aliphatic rings. The van der Waals surface area contributed by atoms with Gasteiger partial charge in [0, 0.05) is 25.6 Å². The number of hydrogen-bond donors (Lipinski definition) is 0. The lowest BCUT2D eigenvalue weighted by Crippen LogP contribution is -2.48. The van der Waals surface area contributed by atoms with E-state index >= 15 is 0 Å². The fourth-order valence-electron chi connectivity index (χ4n) is 3.31. The maximum atomic E-state index is 12.5. The summed E-state index contributed by atoms with van der Waals surface area (Å²) in [5, 5.41) is 0. The van der Waals surface area contributed by atoms with Crippen molar-refractivity contribution in [1.82, 2.24) is 14.7 Å². The molecule has 0 unspecified atom stereocenters. The zero-order valence-corrected chi connectivity index (χ0v) is 13.2. The SMILES string of the molecule is O=C(CC1CC1)N1CCC(N2CC(=O)N(CC(F)(F)F)C2=O)CC1. The summed E-state index contributed by atoms with van der Waals surface area (Å²) in [5.74, 6) is -0.202. The molecule has 3 rings (SSSR count). The summed E-state index contributed by atoms with van der Waals surface area (Å²) in [4.78, 5) is 39.1. The van der Waals surface area contributed by atoms with Gasteiger partial charge in [-0.2, -0.15) is 13.2 Å². The van der Waals surface area contributed by atoms with Crippen molar-refractivity contribution < 1.29 is 27.6 Å². The van der Waals surface area contributed by atoms with Crippen LogP contribution in [0.5, 0.6) is 0 Å². The lowest BCUT2D eigenvalue weighted by molar-refractivity contribution is -0.151. The first-order chi connectivity index (χ1) is 11.2. The maximum absolute atomic E-state index is 12.5. The standard InChI is InChI=1S/C15H20F3N3O3/c16-15(17,18)9-21-13(23)8-20(14(21)24)11-3-5-19(6-4-11)12(22)7-10-1-2-10/h10-11H,1-9H2. The Bertz CT molecular complexity index is 540. The molecule has 2 saturated heterocycles. The molecule has 0 aromatic rings. The van der Waals surface area contributed by atoms with Crippen molar-refractivity contribution in [1.29, 1.82) is 0 Å². The number of urea groups is 1. The van der Waals surface area contributed by atoms with Crippen molar-refractivity contribution in [2.75, 3.05) is 26.2 Å². The van der Waals surface area contributed by atoms with Crippen molar-refractivity contribution in [3.63, 3.8) is 0 Å². The monoisotopic (exact) mass is 347 g/mol. The van der Waals surface area contributed by atoms with Crippen LogP contribution in [-0.4, -0.2) is 70.9 Å². The van der Waals surface area contributed by atoms with E-state index in [1.807, 2.05) is 0 Å². The predicted molar refractivity (Wildman–Crippen MR) is 76.8 cm³/mol. The number of carbonyl (C=O) groups is 3. The minimum Gasteiger partial charge on any atom is -0.343 e. The lowest BCUT2D eigenvalue weighted by Gasteiger charge is -2.36. The van der Waals surface area contributed by atoms with Crippen molar-refractivity contribution in [2.24, 2.45) is 5.92 Å². The molecule has 1 saturated carbocycles. The number of alkyl halides is 3. The summed E-state index contributed by atoms with van der Waals surface area (Å²) >= 11 is 0. The van der Waals surface area contributed by atoms with E-state index < -0.39 is 24.7 Å². The van der Waals surface area contributed by atoms with Gasteiger partial charge in [0.2, 0.25) is 5.91 Å². The number of piperidine rings is 1. The van der Waals surface area contributed by atoms with Crippen LogP contribution in [0.3, 0.4) is 0 Å². The van der Waals surface area contributed by atoms with Crippen molar-refractivity contribution in [3.8, 4) is 0 Å². The van der Waals surface area contributed by atoms with Crippen molar-refractivity contribution >= 4 is 17.8 Å². The van der Waals surface area contributed by atoms with Crippen LogP contribution >= 0.6 is 0 Å². The Labute approximate surface area is 137 Å². The molecule has 4 amide bonds. The summed E-state index contributed by atoms with van der Waals surface area (Å²) in [6.07, 6.45) is -0.848. The normalized spacial score (nSPS) is 23.4. The van der Waals surface area contributed by atoms with E-state index in [0.717, 1.165) is 12.8 Å². The number of likely N-dealkylation sites (tertiary alicyclic amines) is 1. The molecule has 0 bridgehead atoms. The van der Waals surface area contributed by atoms with Crippen LogP contribution in [0, 0.1) is 5.92 Å². The summed E-state index contributed by atoms with van der Waals surface area (Å²) in [5.41, 5.74) is 0. The Hall–Kier alpha value is -1.80. The van der Waals surface area contributed by atoms with Crippen LogP contribution in [0.2, 0.25) is 0 Å². The van der Waals surface area contributed by atoms with Gasteiger partial charge in [-0.1, -0.05) is 0 Å². The van der Waals surface area contributed by atoms with E-state index in [2.05, 4.69) is 0 Å². The second-order valence-corrected chi connectivity index (χ2v) is 6.76. The molecule has 0 aromatic carbocycles. The van der Waals surface area contributed by atoms with Crippen LogP contribution in [0.4, 0.5) is 18.0 Å². The molecule has 0 radical (unpaired) electrons. The van der Waals surface area contributed by atoms with E-state index in [1.54, 1.807) is 4.90 Å². The van der Waals surface area contributed by atoms with Gasteiger partial charge in [0.25, 0.3) is 5.91 Å². The molecule has 134 valence electrons. The fourth-order valence-corrected chi connectivity index (χ4v) is 3.31. The van der Waals surface area contributed by atoms with E-state index in [-0.39, 0.29) is 23.4 Å². The molecule has 0 N–H and O–H groups in total. The third-order valence-electron chi connectivity index (χ3n) is 4.84. The molecule has 1 aliphatic carbocycles. The van der Waals surface area contributed by atoms with Gasteiger partial charge in [0.05, 0.1) is 0 Å². The van der Waals surface area contributed by atoms with Gasteiger partial charge in [0.15, 0.2) is 0 Å². The minimum atomic E-state index is -4.60. The van der Waals surface area contributed by atoms with E-state index in [1.165, 1.54) is 4.90 Å². The first-order valence-corrected chi connectivity index (χ1v) is 8.20. The van der Waals surface area contributed by atoms with Gasteiger partial charge >= 0.3 is 12.2 Å². The molecule has 0 spiro atoms. The van der Waals surface area contributed by atoms with Gasteiger partial charge in [-0.05, 0) is 31.6 Å². The Morgan fingerprint density at radius 2 is 1.71 bits per heavy atom. The minimum absolute atomic E-state index is 0.110. The van der Waals surface area contributed by atoms with Crippen LogP contribution < -0.4 is 0 Å². The third-order valence-corrected chi connectivity index (χ3v) is 4.84. The first kappa shape index (κ1) is 17.0. The molecule has 0 aromatic heterocycles. The van der Waals surface area contributed by atoms with Crippen LogP contribution in [0.15, 0.2) is 0 Å². The Kier molecular flexibility index (Phi) is 4.44. The van der Waals surface area contributed by atoms with Crippen molar-refractivity contribution in [2.45, 2.75) is 44.3 Å². The highest BCUT2D eigenvalue weighted by molar-refractivity contribution is 6.02. The molecule has 3 fully saturated rings. The fraction of sp³-hybridized carbons (Fsp3) is 0.800. The van der Waals surface area contributed by atoms with Crippen LogP contribution in [0.1, 0.15) is 32.1 Å². The molecule has 2 aliphatic heterocycles. The number of amides is 4. The van der Waals surface area contributed by atoms with E-state index in [4.69, 9.17) is 0 Å². The second-order valence-electron chi connectivity index (χ2n) is 6.76. The van der Waals surface area contributed by atoms with Crippen LogP contribution in [-0.2, 0) is 9.59 Å². The molecule has 6 nitrogen and oxygen atoms in total. The van der Waals surface area contributed by atoms with Gasteiger partial charge < -0.3 is 9.80 Å². The second kappa shape index (κ2) is 6.25. The van der Waals surface area contributed by atoms with Crippen molar-refractivity contribution in [3.05, 3.63) is 0 Å². The molecule has 2 heterocycles. The summed E-state index contributed by atoms with van der Waals surface area (Å²) in [6.45, 7) is -0.892. The smallest absolute Gasteiger partial charge is 0.343 e. The molecule has 24 heavy (non-hydrogen) atoms. The Morgan fingerprint density at radius 3 is 2.25 bits per heavy atom. The predicted octanol–water partition coefficient (Wildman–Crippen LogP) is 1.60. The van der Waals surface area contributed by atoms with Gasteiger partial charge in [-0.15, -0.1) is 0 Å². The number of carbonyl (C=O) groups excluding carboxylic acids is 3. The number of halogens is 3. The maximum Gasteiger partial charge on any atom is 0.406 e. The van der Waals surface area contributed by atoms with Gasteiger partial charge in [-0.3, -0.25) is 14.5 Å². The largest absolute Gasteiger partial charge is 0.406 e. The highest BCUT2D eigenvalue weighted by Crippen LogP contribution is 2.33. The number of rotatable bonds is 4. The third kappa shape index (κ3) is 3.81. The zero-order valence-electron chi connectivity index (χ0n) is 13.2. The summed E-state index contributed by atoms with van der Waals surface area (Å²) < 4.78 is 37.4. The molecule has 0 atom stereocenters. The Morgan fingerprint density at radius 1 is 1.08 bits per heavy atom. The van der Waals surface area contributed by atoms with Gasteiger partial charge in [0.1, 0.15) is 13.1 Å². The quantitative estimate of drug-likeness (QED) is 0.726. The van der Waals surface area contributed by atoms with E-state index in [9.17, 15) is 27.6 Å². The first-order valence-electron chi connectivity index (χ1n) is 8.20.